The highest BCUT2D eigenvalue weighted by Crippen LogP contribution is 2.47. The van der Waals surface area contributed by atoms with Crippen LogP contribution < -0.4 is 16.0 Å². The smallest absolute Gasteiger partial charge is 0.251 e. The van der Waals surface area contributed by atoms with Gasteiger partial charge in [0.05, 0.1) is 12.1 Å². The largest absolute Gasteiger partial charge is 0.378 e. The first kappa shape index (κ1) is 17.7. The zero-order chi connectivity index (χ0) is 18.9. The molecule has 5 rings (SSSR count). The lowest BCUT2D eigenvalue weighted by atomic mass is 9.80. The summed E-state index contributed by atoms with van der Waals surface area (Å²) >= 11 is 0. The van der Waals surface area contributed by atoms with Gasteiger partial charge in [0, 0.05) is 36.4 Å². The van der Waals surface area contributed by atoms with Gasteiger partial charge < -0.3 is 20.7 Å². The fraction of sp³-hybridized carbons (Fsp3) is 0.435. The first-order valence-corrected chi connectivity index (χ1v) is 10.4. The van der Waals surface area contributed by atoms with E-state index in [9.17, 15) is 4.79 Å². The molecule has 3 aliphatic rings. The van der Waals surface area contributed by atoms with Gasteiger partial charge in [-0.2, -0.15) is 0 Å². The van der Waals surface area contributed by atoms with Crippen LogP contribution in [-0.2, 0) is 4.74 Å². The van der Waals surface area contributed by atoms with Crippen molar-refractivity contribution < 1.29 is 9.53 Å². The summed E-state index contributed by atoms with van der Waals surface area (Å²) in [6.45, 7) is 2.41. The summed E-state index contributed by atoms with van der Waals surface area (Å²) in [5.41, 5.74) is 4.38. The molecule has 3 heterocycles. The molecule has 4 atom stereocenters. The summed E-state index contributed by atoms with van der Waals surface area (Å²) in [7, 11) is 0. The van der Waals surface area contributed by atoms with Crippen LogP contribution in [0.5, 0.6) is 0 Å². The van der Waals surface area contributed by atoms with Crippen molar-refractivity contribution >= 4 is 11.6 Å². The van der Waals surface area contributed by atoms with Crippen molar-refractivity contribution in [2.75, 3.05) is 25.0 Å². The summed E-state index contributed by atoms with van der Waals surface area (Å²) in [5, 5.41) is 10.4. The van der Waals surface area contributed by atoms with Crippen LogP contribution >= 0.6 is 0 Å². The number of anilines is 1. The Morgan fingerprint density at radius 1 is 1.11 bits per heavy atom. The maximum Gasteiger partial charge on any atom is 0.251 e. The van der Waals surface area contributed by atoms with Crippen LogP contribution in [0.25, 0.3) is 0 Å². The number of hydrogen-bond acceptors (Lipinski definition) is 4. The van der Waals surface area contributed by atoms with E-state index in [1.165, 1.54) is 11.1 Å². The summed E-state index contributed by atoms with van der Waals surface area (Å²) in [6.07, 6.45) is 3.41. The van der Waals surface area contributed by atoms with E-state index in [1.807, 2.05) is 6.07 Å². The Hall–Kier alpha value is -2.37. The van der Waals surface area contributed by atoms with Crippen molar-refractivity contribution in [2.45, 2.75) is 37.5 Å². The molecule has 0 aromatic heterocycles. The zero-order valence-corrected chi connectivity index (χ0v) is 16.0. The number of hydrogen-bond donors (Lipinski definition) is 3. The lowest BCUT2D eigenvalue weighted by Crippen LogP contribution is -2.34. The topological polar surface area (TPSA) is 62.4 Å². The van der Waals surface area contributed by atoms with Crippen molar-refractivity contribution in [1.29, 1.82) is 0 Å². The van der Waals surface area contributed by atoms with Gasteiger partial charge in [0.15, 0.2) is 0 Å². The van der Waals surface area contributed by atoms with E-state index in [0.717, 1.165) is 43.7 Å². The third-order valence-electron chi connectivity index (χ3n) is 6.33. The molecule has 0 bridgehead atoms. The van der Waals surface area contributed by atoms with E-state index in [0.29, 0.717) is 18.5 Å². The number of benzene rings is 2. The number of nitrogens with one attached hydrogen (secondary N) is 3. The van der Waals surface area contributed by atoms with Crippen molar-refractivity contribution in [3.63, 3.8) is 0 Å². The molecule has 146 valence electrons. The van der Waals surface area contributed by atoms with Gasteiger partial charge >= 0.3 is 0 Å². The predicted octanol–water partition coefficient (Wildman–Crippen LogP) is 3.41. The minimum Gasteiger partial charge on any atom is -0.378 e. The molecule has 4 unspecified atom stereocenters. The molecule has 0 saturated carbocycles. The van der Waals surface area contributed by atoms with Gasteiger partial charge in [-0.3, -0.25) is 4.79 Å². The Morgan fingerprint density at radius 2 is 2.00 bits per heavy atom. The number of rotatable bonds is 4. The molecule has 0 aliphatic carbocycles. The molecule has 1 amide bonds. The van der Waals surface area contributed by atoms with Gasteiger partial charge in [0.2, 0.25) is 0 Å². The summed E-state index contributed by atoms with van der Waals surface area (Å²) in [5.74, 6) is 0.470. The Labute approximate surface area is 165 Å². The van der Waals surface area contributed by atoms with E-state index in [4.69, 9.17) is 4.74 Å². The van der Waals surface area contributed by atoms with Crippen LogP contribution in [0.4, 0.5) is 5.69 Å². The van der Waals surface area contributed by atoms with Crippen molar-refractivity contribution in [1.82, 2.24) is 10.6 Å². The van der Waals surface area contributed by atoms with E-state index in [2.05, 4.69) is 58.4 Å². The molecule has 3 N–H and O–H groups in total. The van der Waals surface area contributed by atoms with Crippen molar-refractivity contribution in [2.24, 2.45) is 5.92 Å². The van der Waals surface area contributed by atoms with Gasteiger partial charge in [-0.05, 0) is 55.1 Å². The lowest BCUT2D eigenvalue weighted by molar-refractivity contribution is 0.0857. The summed E-state index contributed by atoms with van der Waals surface area (Å²) in [4.78, 5) is 12.7. The second-order valence-electron chi connectivity index (χ2n) is 8.06. The highest BCUT2D eigenvalue weighted by atomic mass is 16.5. The molecule has 0 radical (unpaired) electrons. The zero-order valence-electron chi connectivity index (χ0n) is 16.0. The first-order chi connectivity index (χ1) is 13.8. The van der Waals surface area contributed by atoms with Crippen LogP contribution in [0.3, 0.4) is 0 Å². The minimum absolute atomic E-state index is 0.0157. The van der Waals surface area contributed by atoms with Gasteiger partial charge in [-0.15, -0.1) is 0 Å². The highest BCUT2D eigenvalue weighted by Gasteiger charge is 2.40. The average Bonchev–Trinajstić information content (AvgIpc) is 3.44. The standard InChI is InChI=1S/C23H27N3O2/c27-23(25-14-17-7-4-12-28-17)16-8-9-20-19(13-16)22-18(10-11-24-22)21(26-20)15-5-2-1-3-6-15/h1-3,5-6,8-9,13,17-18,21-22,24,26H,4,7,10-12,14H2,(H,25,27). The highest BCUT2D eigenvalue weighted by molar-refractivity contribution is 5.95. The Morgan fingerprint density at radius 3 is 2.82 bits per heavy atom. The van der Waals surface area contributed by atoms with E-state index in [1.54, 1.807) is 0 Å². The second kappa shape index (κ2) is 7.57. The summed E-state index contributed by atoms with van der Waals surface area (Å²) < 4.78 is 5.61. The van der Waals surface area contributed by atoms with Gasteiger partial charge in [0.1, 0.15) is 0 Å². The Kier molecular flexibility index (Phi) is 4.79. The quantitative estimate of drug-likeness (QED) is 0.764. The minimum atomic E-state index is -0.0157. The second-order valence-corrected chi connectivity index (χ2v) is 8.06. The number of amides is 1. The number of carbonyl (C=O) groups is 1. The summed E-state index contributed by atoms with van der Waals surface area (Å²) in [6, 6.07) is 17.3. The van der Waals surface area contributed by atoms with Gasteiger partial charge in [-0.1, -0.05) is 30.3 Å². The molecule has 3 aliphatic heterocycles. The number of ether oxygens (including phenoxy) is 1. The van der Waals surface area contributed by atoms with Gasteiger partial charge in [0.25, 0.3) is 5.91 Å². The predicted molar refractivity (Wildman–Crippen MR) is 109 cm³/mol. The maximum atomic E-state index is 12.7. The SMILES string of the molecule is O=C(NCC1CCCO1)c1ccc2c(c1)C1NCCC1C(c1ccccc1)N2. The molecular formula is C23H27N3O2. The fourth-order valence-electron chi connectivity index (χ4n) is 4.90. The third-order valence-corrected chi connectivity index (χ3v) is 6.33. The van der Waals surface area contributed by atoms with Crippen LogP contribution in [0, 0.1) is 5.92 Å². The van der Waals surface area contributed by atoms with Gasteiger partial charge in [-0.25, -0.2) is 0 Å². The molecule has 0 spiro atoms. The fourth-order valence-corrected chi connectivity index (χ4v) is 4.90. The lowest BCUT2D eigenvalue weighted by Gasteiger charge is -2.37. The molecule has 5 heteroatoms. The molecule has 2 aromatic carbocycles. The monoisotopic (exact) mass is 377 g/mol. The molecule has 2 saturated heterocycles. The van der Waals surface area contributed by atoms with Crippen LogP contribution in [0.1, 0.15) is 52.8 Å². The van der Waals surface area contributed by atoms with Crippen molar-refractivity contribution in [3.05, 3.63) is 65.2 Å². The van der Waals surface area contributed by atoms with E-state index in [-0.39, 0.29) is 18.1 Å². The average molecular weight is 377 g/mol. The Balaban J connectivity index is 1.37. The molecule has 2 aromatic rings. The molecule has 28 heavy (non-hydrogen) atoms. The molecule has 5 nitrogen and oxygen atoms in total. The number of carbonyl (C=O) groups excluding carboxylic acids is 1. The normalized spacial score (nSPS) is 28.3. The Bertz CT molecular complexity index is 848. The van der Waals surface area contributed by atoms with E-state index >= 15 is 0 Å². The van der Waals surface area contributed by atoms with Crippen molar-refractivity contribution in [3.8, 4) is 0 Å². The first-order valence-electron chi connectivity index (χ1n) is 10.4. The van der Waals surface area contributed by atoms with Crippen LogP contribution in [0.2, 0.25) is 0 Å². The van der Waals surface area contributed by atoms with E-state index < -0.39 is 0 Å². The number of fused-ring (bicyclic) bond motifs is 3. The van der Waals surface area contributed by atoms with Crippen LogP contribution in [-0.4, -0.2) is 31.7 Å². The molecular weight excluding hydrogens is 350 g/mol. The third kappa shape index (κ3) is 3.29. The molecule has 2 fully saturated rings. The van der Waals surface area contributed by atoms with Crippen LogP contribution in [0.15, 0.2) is 48.5 Å². The maximum absolute atomic E-state index is 12.7.